The number of carbonyl (C=O) groups is 1. The normalized spacial score (nSPS) is 22.8. The van der Waals surface area contributed by atoms with Gasteiger partial charge >= 0.3 is 0 Å². The van der Waals surface area contributed by atoms with E-state index in [-0.39, 0.29) is 5.91 Å². The molecule has 1 aliphatic carbocycles. The lowest BCUT2D eigenvalue weighted by Crippen LogP contribution is -2.58. The highest BCUT2D eigenvalue weighted by Gasteiger charge is 2.50. The lowest BCUT2D eigenvalue weighted by Gasteiger charge is -2.56. The van der Waals surface area contributed by atoms with Crippen molar-refractivity contribution in [3.63, 3.8) is 0 Å². The van der Waals surface area contributed by atoms with Crippen LogP contribution in [0.25, 0.3) is 0 Å². The Hall–Kier alpha value is -2.01. The fraction of sp³-hybridized carbons (Fsp3) is 0.526. The van der Waals surface area contributed by atoms with Crippen molar-refractivity contribution < 1.29 is 13.6 Å². The predicted molar refractivity (Wildman–Crippen MR) is 89.5 cm³/mol. The van der Waals surface area contributed by atoms with Crippen LogP contribution in [0.2, 0.25) is 0 Å². The van der Waals surface area contributed by atoms with Gasteiger partial charge in [-0.3, -0.25) is 9.69 Å². The summed E-state index contributed by atoms with van der Waals surface area (Å²) >= 11 is 0. The van der Waals surface area contributed by atoms with Crippen LogP contribution in [0.15, 0.2) is 45.8 Å². The smallest absolute Gasteiger partial charge is 0.257 e. The molecule has 2 aromatic heterocycles. The molecule has 0 aromatic carbocycles. The molecule has 1 amide bonds. The van der Waals surface area contributed by atoms with Crippen molar-refractivity contribution >= 4 is 5.91 Å². The van der Waals surface area contributed by atoms with E-state index in [2.05, 4.69) is 11.9 Å². The maximum atomic E-state index is 12.4. The molecule has 2 fully saturated rings. The SMILES string of the molecule is CN(Cc1ccco1)C1CCC12CCN(C(=O)c1ccoc1)CC2. The molecule has 1 saturated carbocycles. The second kappa shape index (κ2) is 6.13. The third-order valence-corrected chi connectivity index (χ3v) is 5.95. The Morgan fingerprint density at radius 3 is 2.71 bits per heavy atom. The highest BCUT2D eigenvalue weighted by molar-refractivity contribution is 5.93. The average Bonchev–Trinajstić information content (AvgIpc) is 3.26. The summed E-state index contributed by atoms with van der Waals surface area (Å²) < 4.78 is 10.5. The first-order chi connectivity index (χ1) is 11.7. The van der Waals surface area contributed by atoms with Gasteiger partial charge < -0.3 is 13.7 Å². The molecule has 5 nitrogen and oxygen atoms in total. The number of carbonyl (C=O) groups excluding carboxylic acids is 1. The minimum Gasteiger partial charge on any atom is -0.472 e. The molecule has 2 aliphatic rings. The van der Waals surface area contributed by atoms with Gasteiger partial charge in [0.1, 0.15) is 12.0 Å². The highest BCUT2D eigenvalue weighted by atomic mass is 16.3. The van der Waals surface area contributed by atoms with Gasteiger partial charge in [-0.25, -0.2) is 0 Å². The zero-order valence-electron chi connectivity index (χ0n) is 14.1. The molecule has 1 atom stereocenters. The zero-order valence-corrected chi connectivity index (χ0v) is 14.1. The number of rotatable bonds is 4. The zero-order chi connectivity index (χ0) is 16.6. The number of furan rings is 2. The lowest BCUT2D eigenvalue weighted by atomic mass is 9.58. The Balaban J connectivity index is 1.36. The Bertz CT molecular complexity index is 670. The molecule has 24 heavy (non-hydrogen) atoms. The van der Waals surface area contributed by atoms with Crippen LogP contribution in [0.4, 0.5) is 0 Å². The Labute approximate surface area is 142 Å². The molecule has 4 rings (SSSR count). The van der Waals surface area contributed by atoms with Gasteiger partial charge in [0.25, 0.3) is 5.91 Å². The number of nitrogens with zero attached hydrogens (tertiary/aromatic N) is 2. The van der Waals surface area contributed by atoms with E-state index in [1.54, 1.807) is 18.6 Å². The summed E-state index contributed by atoms with van der Waals surface area (Å²) in [5, 5.41) is 0. The number of likely N-dealkylation sites (tertiary alicyclic amines) is 1. The summed E-state index contributed by atoms with van der Waals surface area (Å²) in [5.41, 5.74) is 1.03. The van der Waals surface area contributed by atoms with Crippen molar-refractivity contribution in [2.75, 3.05) is 20.1 Å². The fourth-order valence-corrected chi connectivity index (χ4v) is 4.44. The predicted octanol–water partition coefficient (Wildman–Crippen LogP) is 3.39. The van der Waals surface area contributed by atoms with Crippen LogP contribution < -0.4 is 0 Å². The van der Waals surface area contributed by atoms with E-state index in [0.29, 0.717) is 17.0 Å². The monoisotopic (exact) mass is 328 g/mol. The van der Waals surface area contributed by atoms with Gasteiger partial charge in [0, 0.05) is 19.1 Å². The van der Waals surface area contributed by atoms with Crippen molar-refractivity contribution in [3.05, 3.63) is 48.3 Å². The second-order valence-corrected chi connectivity index (χ2v) is 7.22. The summed E-state index contributed by atoms with van der Waals surface area (Å²) in [6, 6.07) is 6.32. The first kappa shape index (κ1) is 15.5. The second-order valence-electron chi connectivity index (χ2n) is 7.22. The van der Waals surface area contributed by atoms with Crippen LogP contribution in [-0.2, 0) is 6.54 Å². The summed E-state index contributed by atoms with van der Waals surface area (Å²) in [6.07, 6.45) is 9.52. The molecular formula is C19H24N2O3. The number of hydrogen-bond acceptors (Lipinski definition) is 4. The van der Waals surface area contributed by atoms with Crippen LogP contribution in [0.3, 0.4) is 0 Å². The third kappa shape index (κ3) is 2.67. The van der Waals surface area contributed by atoms with Crippen LogP contribution in [0, 0.1) is 5.41 Å². The van der Waals surface area contributed by atoms with Crippen molar-refractivity contribution in [1.29, 1.82) is 0 Å². The first-order valence-corrected chi connectivity index (χ1v) is 8.72. The molecule has 0 radical (unpaired) electrons. The summed E-state index contributed by atoms with van der Waals surface area (Å²) in [6.45, 7) is 2.54. The topological polar surface area (TPSA) is 49.8 Å². The highest BCUT2D eigenvalue weighted by Crippen LogP contribution is 2.51. The van der Waals surface area contributed by atoms with Crippen LogP contribution >= 0.6 is 0 Å². The Morgan fingerprint density at radius 2 is 2.12 bits per heavy atom. The quantitative estimate of drug-likeness (QED) is 0.863. The summed E-state index contributed by atoms with van der Waals surface area (Å²) in [5.74, 6) is 1.12. The number of piperidine rings is 1. The Kier molecular flexibility index (Phi) is 3.96. The largest absolute Gasteiger partial charge is 0.472 e. The molecule has 128 valence electrons. The minimum atomic E-state index is 0.0958. The molecule has 1 unspecified atom stereocenters. The lowest BCUT2D eigenvalue weighted by molar-refractivity contribution is -0.0590. The molecule has 3 heterocycles. The van der Waals surface area contributed by atoms with E-state index < -0.39 is 0 Å². The number of amides is 1. The van der Waals surface area contributed by atoms with Gasteiger partial charge in [-0.05, 0) is 56.3 Å². The maximum absolute atomic E-state index is 12.4. The molecule has 0 N–H and O–H groups in total. The standard InChI is InChI=1S/C19H24N2O3/c1-20(13-16-3-2-11-24-16)17-4-6-19(17)7-9-21(10-8-19)18(22)15-5-12-23-14-15/h2-3,5,11-12,14,17H,4,6-10,13H2,1H3. The van der Waals surface area contributed by atoms with Crippen molar-refractivity contribution in [3.8, 4) is 0 Å². The van der Waals surface area contributed by atoms with Crippen LogP contribution in [-0.4, -0.2) is 41.9 Å². The van der Waals surface area contributed by atoms with Gasteiger partial charge in [-0.2, -0.15) is 0 Å². The van der Waals surface area contributed by atoms with Crippen LogP contribution in [0.1, 0.15) is 41.8 Å². The van der Waals surface area contributed by atoms with Gasteiger partial charge in [0.15, 0.2) is 0 Å². The van der Waals surface area contributed by atoms with E-state index in [0.717, 1.165) is 38.2 Å². The van der Waals surface area contributed by atoms with Gasteiger partial charge in [0.05, 0.1) is 24.6 Å². The average molecular weight is 328 g/mol. The van der Waals surface area contributed by atoms with Gasteiger partial charge in [0.2, 0.25) is 0 Å². The van der Waals surface area contributed by atoms with E-state index in [1.165, 1.54) is 19.1 Å². The van der Waals surface area contributed by atoms with E-state index >= 15 is 0 Å². The minimum absolute atomic E-state index is 0.0958. The molecule has 5 heteroatoms. The van der Waals surface area contributed by atoms with Gasteiger partial charge in [-0.1, -0.05) is 0 Å². The van der Waals surface area contributed by atoms with E-state index in [4.69, 9.17) is 8.83 Å². The fourth-order valence-electron chi connectivity index (χ4n) is 4.44. The first-order valence-electron chi connectivity index (χ1n) is 8.72. The number of hydrogen-bond donors (Lipinski definition) is 0. The molecule has 1 aliphatic heterocycles. The van der Waals surface area contributed by atoms with Crippen molar-refractivity contribution in [2.45, 2.75) is 38.3 Å². The molecule has 2 aromatic rings. The maximum Gasteiger partial charge on any atom is 0.257 e. The molecule has 0 bridgehead atoms. The van der Waals surface area contributed by atoms with Crippen molar-refractivity contribution in [1.82, 2.24) is 9.80 Å². The van der Waals surface area contributed by atoms with Gasteiger partial charge in [-0.15, -0.1) is 0 Å². The third-order valence-electron chi connectivity index (χ3n) is 5.95. The molecule has 1 saturated heterocycles. The van der Waals surface area contributed by atoms with E-state index in [9.17, 15) is 4.79 Å². The summed E-state index contributed by atoms with van der Waals surface area (Å²) in [4.78, 5) is 16.8. The van der Waals surface area contributed by atoms with E-state index in [1.807, 2.05) is 17.0 Å². The van der Waals surface area contributed by atoms with Crippen molar-refractivity contribution in [2.24, 2.45) is 5.41 Å². The van der Waals surface area contributed by atoms with Crippen LogP contribution in [0.5, 0.6) is 0 Å². The molecule has 1 spiro atoms. The summed E-state index contributed by atoms with van der Waals surface area (Å²) in [7, 11) is 2.19. The molecular weight excluding hydrogens is 304 g/mol. The Morgan fingerprint density at radius 1 is 1.29 bits per heavy atom.